The van der Waals surface area contributed by atoms with Gasteiger partial charge in [0, 0.05) is 17.7 Å². The number of fused-ring (bicyclic) bond motifs is 1. The van der Waals surface area contributed by atoms with Gasteiger partial charge in [0.2, 0.25) is 0 Å². The lowest BCUT2D eigenvalue weighted by atomic mass is 10.1. The molecule has 0 saturated heterocycles. The lowest BCUT2D eigenvalue weighted by molar-refractivity contribution is 0.102. The molecule has 25 heavy (non-hydrogen) atoms. The average Bonchev–Trinajstić information content (AvgIpc) is 2.87. The number of amides is 1. The van der Waals surface area contributed by atoms with Gasteiger partial charge in [0.1, 0.15) is 11.8 Å². The second kappa shape index (κ2) is 7.77. The highest BCUT2D eigenvalue weighted by Gasteiger charge is 2.18. The van der Waals surface area contributed by atoms with Gasteiger partial charge in [-0.05, 0) is 36.4 Å². The van der Waals surface area contributed by atoms with Crippen LogP contribution in [-0.4, -0.2) is 25.7 Å². The van der Waals surface area contributed by atoms with Crippen molar-refractivity contribution in [1.82, 2.24) is 0 Å². The Kier molecular flexibility index (Phi) is 5.26. The number of carbonyl (C=O) groups excluding carboxylic acids is 1. The summed E-state index contributed by atoms with van der Waals surface area (Å²) in [6.45, 7) is 1.01. The van der Waals surface area contributed by atoms with Crippen LogP contribution >= 0.6 is 11.6 Å². The molecule has 1 aliphatic heterocycles. The van der Waals surface area contributed by atoms with Gasteiger partial charge in [-0.15, -0.1) is 0 Å². The second-order valence-corrected chi connectivity index (χ2v) is 5.67. The fraction of sp³-hybridized carbons (Fsp3) is 0.222. The molecule has 2 aromatic rings. The van der Waals surface area contributed by atoms with Crippen LogP contribution < -0.4 is 19.5 Å². The fourth-order valence-electron chi connectivity index (χ4n) is 2.32. The summed E-state index contributed by atoms with van der Waals surface area (Å²) in [7, 11) is 0. The molecule has 0 fully saturated rings. The van der Waals surface area contributed by atoms with Crippen molar-refractivity contribution in [3.63, 3.8) is 0 Å². The van der Waals surface area contributed by atoms with Crippen molar-refractivity contribution in [3.05, 3.63) is 47.0 Å². The van der Waals surface area contributed by atoms with Crippen molar-refractivity contribution in [2.24, 2.45) is 0 Å². The van der Waals surface area contributed by atoms with Crippen LogP contribution in [0.2, 0.25) is 5.02 Å². The summed E-state index contributed by atoms with van der Waals surface area (Å²) >= 11 is 6.21. The Morgan fingerprint density at radius 2 is 2.00 bits per heavy atom. The van der Waals surface area contributed by atoms with E-state index in [1.807, 2.05) is 6.07 Å². The lowest BCUT2D eigenvalue weighted by Crippen LogP contribution is -2.12. The highest BCUT2D eigenvalue weighted by atomic mass is 35.5. The van der Waals surface area contributed by atoms with Crippen LogP contribution in [0.5, 0.6) is 17.2 Å². The van der Waals surface area contributed by atoms with Crippen LogP contribution in [0.25, 0.3) is 0 Å². The second-order valence-electron chi connectivity index (χ2n) is 5.26. The molecule has 1 heterocycles. The number of nitrogens with one attached hydrogen (secondary N) is 1. The third-order valence-corrected chi connectivity index (χ3v) is 3.76. The van der Waals surface area contributed by atoms with Crippen LogP contribution in [0.15, 0.2) is 36.4 Å². The van der Waals surface area contributed by atoms with E-state index >= 15 is 0 Å². The number of hydrogen-bond donors (Lipinski definition) is 1. The molecule has 128 valence electrons. The predicted octanol–water partition coefficient (Wildman–Crippen LogP) is 3.66. The minimum absolute atomic E-state index is 0.0264. The van der Waals surface area contributed by atoms with Gasteiger partial charge in [0.25, 0.3) is 5.91 Å². The Balaban J connectivity index is 1.74. The molecule has 1 aliphatic rings. The Labute approximate surface area is 149 Å². The van der Waals surface area contributed by atoms with Crippen LogP contribution in [0, 0.1) is 11.3 Å². The van der Waals surface area contributed by atoms with Crippen LogP contribution in [0.1, 0.15) is 16.8 Å². The van der Waals surface area contributed by atoms with Gasteiger partial charge in [-0.25, -0.2) is 0 Å². The molecule has 2 aromatic carbocycles. The molecule has 0 radical (unpaired) electrons. The SMILES string of the molecule is N#CCOc1ccc(NC(=O)c2cc(Cl)c3c(c2)OCCCO3)cc1. The molecular formula is C18H15ClN2O4. The molecule has 0 spiro atoms. The first-order chi connectivity index (χ1) is 12.2. The topological polar surface area (TPSA) is 80.6 Å². The van der Waals surface area contributed by atoms with E-state index in [1.165, 1.54) is 0 Å². The number of ether oxygens (including phenoxy) is 3. The quantitative estimate of drug-likeness (QED) is 0.902. The fourth-order valence-corrected chi connectivity index (χ4v) is 2.58. The van der Waals surface area contributed by atoms with Crippen molar-refractivity contribution in [2.45, 2.75) is 6.42 Å². The summed E-state index contributed by atoms with van der Waals surface area (Å²) in [4.78, 5) is 12.5. The number of anilines is 1. The van der Waals surface area contributed by atoms with E-state index in [-0.39, 0.29) is 12.5 Å². The van der Waals surface area contributed by atoms with Gasteiger partial charge in [0.05, 0.1) is 18.2 Å². The molecular weight excluding hydrogens is 344 g/mol. The lowest BCUT2D eigenvalue weighted by Gasteiger charge is -2.12. The average molecular weight is 359 g/mol. The largest absolute Gasteiger partial charge is 0.489 e. The minimum Gasteiger partial charge on any atom is -0.489 e. The number of halogens is 1. The van der Waals surface area contributed by atoms with E-state index in [1.54, 1.807) is 36.4 Å². The number of hydrogen-bond acceptors (Lipinski definition) is 5. The van der Waals surface area contributed by atoms with Gasteiger partial charge < -0.3 is 19.5 Å². The van der Waals surface area contributed by atoms with E-state index in [0.717, 1.165) is 6.42 Å². The van der Waals surface area contributed by atoms with Gasteiger partial charge in [-0.1, -0.05) is 11.6 Å². The number of nitrogens with zero attached hydrogens (tertiary/aromatic N) is 1. The molecule has 1 amide bonds. The van der Waals surface area contributed by atoms with Crippen molar-refractivity contribution in [1.29, 1.82) is 5.26 Å². The van der Waals surface area contributed by atoms with E-state index in [9.17, 15) is 4.79 Å². The predicted molar refractivity (Wildman–Crippen MR) is 92.6 cm³/mol. The summed E-state index contributed by atoms with van der Waals surface area (Å²) in [5.41, 5.74) is 0.969. The van der Waals surface area contributed by atoms with Gasteiger partial charge in [-0.2, -0.15) is 5.26 Å². The zero-order valence-corrected chi connectivity index (χ0v) is 14.0. The summed E-state index contributed by atoms with van der Waals surface area (Å²) in [5.74, 6) is 1.17. The Hall–Kier alpha value is -2.91. The third kappa shape index (κ3) is 4.14. The Bertz CT molecular complexity index is 815. The molecule has 0 atom stereocenters. The summed E-state index contributed by atoms with van der Waals surface area (Å²) in [5, 5.41) is 11.6. The summed E-state index contributed by atoms with van der Waals surface area (Å²) in [6.07, 6.45) is 0.757. The maximum atomic E-state index is 12.5. The highest BCUT2D eigenvalue weighted by Crippen LogP contribution is 2.38. The van der Waals surface area contributed by atoms with E-state index in [2.05, 4.69) is 5.32 Å². The Morgan fingerprint density at radius 1 is 1.24 bits per heavy atom. The monoisotopic (exact) mass is 358 g/mol. The van der Waals surface area contributed by atoms with Gasteiger partial charge >= 0.3 is 0 Å². The summed E-state index contributed by atoms with van der Waals surface area (Å²) < 4.78 is 16.3. The normalized spacial score (nSPS) is 12.6. The first kappa shape index (κ1) is 16.9. The molecule has 6 nitrogen and oxygen atoms in total. The molecule has 7 heteroatoms. The van der Waals surface area contributed by atoms with Crippen LogP contribution in [0.4, 0.5) is 5.69 Å². The Morgan fingerprint density at radius 3 is 2.76 bits per heavy atom. The molecule has 0 aliphatic carbocycles. The number of rotatable bonds is 4. The van der Waals surface area contributed by atoms with Crippen molar-refractivity contribution in [2.75, 3.05) is 25.1 Å². The van der Waals surface area contributed by atoms with E-state index in [4.69, 9.17) is 31.1 Å². The molecule has 0 saturated carbocycles. The maximum absolute atomic E-state index is 12.5. The minimum atomic E-state index is -0.316. The molecule has 0 aromatic heterocycles. The van der Waals surface area contributed by atoms with Crippen molar-refractivity contribution < 1.29 is 19.0 Å². The molecule has 0 unspecified atom stereocenters. The highest BCUT2D eigenvalue weighted by molar-refractivity contribution is 6.32. The zero-order chi connectivity index (χ0) is 17.6. The zero-order valence-electron chi connectivity index (χ0n) is 13.3. The first-order valence-electron chi connectivity index (χ1n) is 7.67. The number of carbonyl (C=O) groups is 1. The number of benzene rings is 2. The molecule has 3 rings (SSSR count). The number of nitriles is 1. The first-order valence-corrected chi connectivity index (χ1v) is 8.05. The molecule has 0 bridgehead atoms. The van der Waals surface area contributed by atoms with Crippen LogP contribution in [0.3, 0.4) is 0 Å². The van der Waals surface area contributed by atoms with E-state index in [0.29, 0.717) is 46.7 Å². The molecule has 1 N–H and O–H groups in total. The third-order valence-electron chi connectivity index (χ3n) is 3.48. The van der Waals surface area contributed by atoms with Crippen molar-refractivity contribution >= 4 is 23.2 Å². The maximum Gasteiger partial charge on any atom is 0.255 e. The van der Waals surface area contributed by atoms with Gasteiger partial charge in [-0.3, -0.25) is 4.79 Å². The van der Waals surface area contributed by atoms with Crippen molar-refractivity contribution in [3.8, 4) is 23.3 Å². The standard InChI is InChI=1S/C18H15ClN2O4/c19-15-10-12(11-16-17(15)25-8-1-7-24-16)18(22)21-13-2-4-14(5-3-13)23-9-6-20/h2-5,10-11H,1,7-9H2,(H,21,22). The van der Waals surface area contributed by atoms with Gasteiger partial charge in [0.15, 0.2) is 18.1 Å². The van der Waals surface area contributed by atoms with Crippen LogP contribution in [-0.2, 0) is 0 Å². The smallest absolute Gasteiger partial charge is 0.255 e. The summed E-state index contributed by atoms with van der Waals surface area (Å²) in [6, 6.07) is 11.8. The van der Waals surface area contributed by atoms with E-state index < -0.39 is 0 Å².